The van der Waals surface area contributed by atoms with E-state index >= 15 is 0 Å². The molecule has 0 amide bonds. The molecule has 0 aliphatic carbocycles. The van der Waals surface area contributed by atoms with Gasteiger partial charge in [0, 0.05) is 43.4 Å². The maximum atomic E-state index is 6.86. The first kappa shape index (κ1) is 22.6. The van der Waals surface area contributed by atoms with E-state index in [1.807, 2.05) is 6.20 Å². The van der Waals surface area contributed by atoms with Crippen molar-refractivity contribution in [1.82, 2.24) is 14.3 Å². The molecule has 0 radical (unpaired) electrons. The molecule has 5 aliphatic heterocycles. The average Bonchev–Trinajstić information content (AvgIpc) is 3.72. The van der Waals surface area contributed by atoms with Crippen molar-refractivity contribution < 1.29 is 14.1 Å². The lowest BCUT2D eigenvalue weighted by atomic mass is 10.1. The smallest absolute Gasteiger partial charge is 0.352 e. The molecule has 0 saturated carbocycles. The van der Waals surface area contributed by atoms with Gasteiger partial charge in [-0.15, -0.1) is 0 Å². The minimum atomic E-state index is -2.77. The van der Waals surface area contributed by atoms with Gasteiger partial charge in [-0.1, -0.05) is 66.7 Å². The van der Waals surface area contributed by atoms with Crippen molar-refractivity contribution in [3.05, 3.63) is 134 Å². The number of para-hydroxylation sites is 1. The van der Waals surface area contributed by atoms with Gasteiger partial charge >= 0.3 is 17.0 Å². The molecule has 4 aromatic heterocycles. The number of ether oxygens (including phenoxy) is 1. The van der Waals surface area contributed by atoms with Gasteiger partial charge in [0.15, 0.2) is 14.3 Å². The van der Waals surface area contributed by atoms with Gasteiger partial charge in [0.05, 0.1) is 5.39 Å². The lowest BCUT2D eigenvalue weighted by Gasteiger charge is -2.38. The number of fused-ring (bicyclic) bond motifs is 10. The van der Waals surface area contributed by atoms with Crippen LogP contribution in [-0.4, -0.2) is 17.6 Å². The first-order chi connectivity index (χ1) is 22.8. The molecular weight excluding hydrogens is 583 g/mol. The molecule has 13 rings (SSSR count). The summed E-state index contributed by atoms with van der Waals surface area (Å²) >= 11 is 0. The van der Waals surface area contributed by atoms with E-state index < -0.39 is 8.07 Å². The number of hydrogen-bond donors (Lipinski definition) is 0. The van der Waals surface area contributed by atoms with Crippen LogP contribution >= 0.6 is 0 Å². The second kappa shape index (κ2) is 6.99. The Morgan fingerprint density at radius 3 is 2.24 bits per heavy atom. The van der Waals surface area contributed by atoms with E-state index in [9.17, 15) is 0 Å². The summed E-state index contributed by atoms with van der Waals surface area (Å²) in [7, 11) is -2.77. The van der Waals surface area contributed by atoms with E-state index in [0.717, 1.165) is 28.4 Å². The fourth-order valence-electron chi connectivity index (χ4n) is 9.89. The highest BCUT2D eigenvalue weighted by Crippen LogP contribution is 2.59. The summed E-state index contributed by atoms with van der Waals surface area (Å²) in [6, 6.07) is 43.1. The summed E-state index contributed by atoms with van der Waals surface area (Å²) in [6.07, 6.45) is 6.34. The summed E-state index contributed by atoms with van der Waals surface area (Å²) in [6.45, 7) is 0. The first-order valence-electron chi connectivity index (χ1n) is 15.8. The van der Waals surface area contributed by atoms with Crippen LogP contribution in [0.1, 0.15) is 0 Å². The predicted octanol–water partition coefficient (Wildman–Crippen LogP) is 4.39. The van der Waals surface area contributed by atoms with Gasteiger partial charge in [0.25, 0.3) is 11.6 Å². The number of quaternary nitrogens is 1. The summed E-state index contributed by atoms with van der Waals surface area (Å²) < 4.78 is 14.6. The molecule has 5 aliphatic rings. The molecule has 7 heteroatoms. The third-order valence-electron chi connectivity index (χ3n) is 11.3. The van der Waals surface area contributed by atoms with Crippen LogP contribution in [0.15, 0.2) is 134 Å². The maximum Gasteiger partial charge on any atom is 0.352 e. The van der Waals surface area contributed by atoms with Crippen LogP contribution in [0, 0.1) is 0 Å². The van der Waals surface area contributed by atoms with Gasteiger partial charge in [0.1, 0.15) is 15.8 Å². The van der Waals surface area contributed by atoms with Gasteiger partial charge in [-0.3, -0.25) is 0 Å². The minimum absolute atomic E-state index is 0.337. The molecule has 0 fully saturated rings. The molecule has 0 saturated heterocycles. The number of aromatic nitrogens is 4. The van der Waals surface area contributed by atoms with E-state index in [0.29, 0.717) is 10.6 Å². The predicted molar refractivity (Wildman–Crippen MR) is 179 cm³/mol. The van der Waals surface area contributed by atoms with Crippen molar-refractivity contribution in [2.24, 2.45) is 0 Å². The Kier molecular flexibility index (Phi) is 3.43. The SMILES string of the molecule is c1ccc2c(c1)-c1ccccc1[Si]21c2ccc3c4c2-n2c5c1cccc5c1ccc[n+](c12)[N+]41c2c(ccnc2O3)-c2cccc[n+]21. The van der Waals surface area contributed by atoms with Crippen molar-refractivity contribution in [3.8, 4) is 39.7 Å². The number of rotatable bonds is 0. The molecule has 2 spiro atoms. The number of benzene rings is 4. The first-order valence-corrected chi connectivity index (χ1v) is 17.8. The summed E-state index contributed by atoms with van der Waals surface area (Å²) in [5.41, 5.74) is 11.0. The number of pyridine rings is 3. The summed E-state index contributed by atoms with van der Waals surface area (Å²) in [4.78, 5) is 4.86. The standard InChI is InChI=1S/C39H22N5OSi/c1-3-14-30-23(9-1)24-10-2-4-15-31(24)46(30)32-16-7-11-25-26-12-8-22-42-39(26)43(34(25)32)35-33(46)18-17-29-37(35)44(42)36-27(19-20-40-38(36)45-29)28-13-5-6-21-41(28)44/h1-22H/q+3. The van der Waals surface area contributed by atoms with Crippen LogP contribution in [0.3, 0.4) is 0 Å². The van der Waals surface area contributed by atoms with Crippen molar-refractivity contribution in [2.75, 3.05) is 0 Å². The largest absolute Gasteiger partial charge is 0.427 e. The van der Waals surface area contributed by atoms with E-state index in [1.165, 1.54) is 59.5 Å². The highest BCUT2D eigenvalue weighted by Gasteiger charge is 2.72. The highest BCUT2D eigenvalue weighted by atomic mass is 28.3. The van der Waals surface area contributed by atoms with Gasteiger partial charge in [0.2, 0.25) is 17.6 Å². The Bertz CT molecular complexity index is 2750. The topological polar surface area (TPSA) is 34.8 Å². The monoisotopic (exact) mass is 604 g/mol. The molecule has 9 heterocycles. The zero-order chi connectivity index (χ0) is 29.5. The van der Waals surface area contributed by atoms with Crippen LogP contribution < -0.4 is 39.5 Å². The van der Waals surface area contributed by atoms with Crippen LogP contribution in [-0.2, 0) is 0 Å². The van der Waals surface area contributed by atoms with E-state index in [2.05, 4.69) is 142 Å². The molecule has 210 valence electrons. The normalized spacial score (nSPS) is 18.4. The van der Waals surface area contributed by atoms with Gasteiger partial charge in [-0.25, -0.2) is 4.98 Å². The van der Waals surface area contributed by atoms with E-state index in [1.54, 1.807) is 0 Å². The molecule has 1 atom stereocenters. The molecule has 6 nitrogen and oxygen atoms in total. The van der Waals surface area contributed by atoms with Gasteiger partial charge in [-0.2, -0.15) is 4.57 Å². The van der Waals surface area contributed by atoms with E-state index in [4.69, 9.17) is 9.72 Å². The lowest BCUT2D eigenvalue weighted by molar-refractivity contribution is -1.02. The third-order valence-corrected chi connectivity index (χ3v) is 16.2. The molecule has 1 unspecified atom stereocenters. The average molecular weight is 605 g/mol. The third kappa shape index (κ3) is 2.00. The van der Waals surface area contributed by atoms with Crippen molar-refractivity contribution in [3.63, 3.8) is 0 Å². The lowest BCUT2D eigenvalue weighted by Crippen LogP contribution is -2.85. The Labute approximate surface area is 263 Å². The van der Waals surface area contributed by atoms with Gasteiger partial charge in [-0.05, 0) is 57.9 Å². The van der Waals surface area contributed by atoms with Crippen LogP contribution in [0.25, 0.3) is 50.0 Å². The maximum absolute atomic E-state index is 6.86. The molecule has 46 heavy (non-hydrogen) atoms. The Balaban J connectivity index is 1.37. The second-order valence-corrected chi connectivity index (χ2v) is 16.6. The quantitative estimate of drug-likeness (QED) is 0.146. The van der Waals surface area contributed by atoms with Crippen LogP contribution in [0.5, 0.6) is 11.6 Å². The summed E-state index contributed by atoms with van der Waals surface area (Å²) in [5, 5.41) is 8.35. The van der Waals surface area contributed by atoms with Crippen molar-refractivity contribution in [2.45, 2.75) is 0 Å². The van der Waals surface area contributed by atoms with Gasteiger partial charge < -0.3 is 4.74 Å². The fraction of sp³-hybridized carbons (Fsp3) is 0. The van der Waals surface area contributed by atoms with Crippen LogP contribution in [0.4, 0.5) is 11.4 Å². The van der Waals surface area contributed by atoms with Crippen molar-refractivity contribution >= 4 is 62.1 Å². The molecule has 8 aromatic rings. The summed E-state index contributed by atoms with van der Waals surface area (Å²) in [5.74, 6) is 1.50. The molecule has 0 N–H and O–H groups in total. The Morgan fingerprint density at radius 2 is 1.37 bits per heavy atom. The molecule has 0 bridgehead atoms. The molecular formula is C39H22N5OSi+3. The Hall–Kier alpha value is -5.89. The zero-order valence-electron chi connectivity index (χ0n) is 24.3. The Morgan fingerprint density at radius 1 is 0.609 bits per heavy atom. The highest BCUT2D eigenvalue weighted by molar-refractivity contribution is 7.23. The van der Waals surface area contributed by atoms with Crippen molar-refractivity contribution in [1.29, 1.82) is 0 Å². The zero-order valence-corrected chi connectivity index (χ0v) is 25.3. The fourth-order valence-corrected chi connectivity index (χ4v) is 15.4. The second-order valence-electron chi connectivity index (χ2n) is 12.9. The van der Waals surface area contributed by atoms with E-state index in [-0.39, 0.29) is 0 Å². The molecule has 4 aromatic carbocycles. The minimum Gasteiger partial charge on any atom is -0.427 e. The number of hydrogen-bond acceptors (Lipinski definition) is 2. The number of nitrogens with zero attached hydrogens (tertiary/aromatic N) is 5. The van der Waals surface area contributed by atoms with Crippen LogP contribution in [0.2, 0.25) is 0 Å².